The van der Waals surface area contributed by atoms with E-state index in [-0.39, 0.29) is 30.7 Å². The molecule has 5 nitrogen and oxygen atoms in total. The topological polar surface area (TPSA) is 46.2 Å². The molecule has 0 aromatic rings. The average Bonchev–Trinajstić information content (AvgIpc) is 2.99. The number of methoxy groups -OCH3 is 1. The van der Waals surface area contributed by atoms with Gasteiger partial charge in [-0.15, -0.1) is 0 Å². The van der Waals surface area contributed by atoms with Gasteiger partial charge in [0, 0.05) is 20.1 Å². The lowest BCUT2D eigenvalue weighted by atomic mass is 10.0. The molecule has 5 atom stereocenters. The number of ether oxygens (including phenoxy) is 5. The monoisotopic (exact) mass is 244 g/mol. The van der Waals surface area contributed by atoms with Gasteiger partial charge in [0.1, 0.15) is 12.2 Å². The molecule has 3 saturated heterocycles. The molecule has 0 N–H and O–H groups in total. The summed E-state index contributed by atoms with van der Waals surface area (Å²) in [4.78, 5) is 0. The molecular formula is C12H20O5. The summed E-state index contributed by atoms with van der Waals surface area (Å²) in [5.74, 6) is 0. The van der Waals surface area contributed by atoms with Gasteiger partial charge in [-0.05, 0) is 12.8 Å². The van der Waals surface area contributed by atoms with Crippen molar-refractivity contribution in [1.82, 2.24) is 0 Å². The largest absolute Gasteiger partial charge is 0.376 e. The molecule has 0 aromatic carbocycles. The van der Waals surface area contributed by atoms with Crippen LogP contribution in [-0.2, 0) is 23.7 Å². The lowest BCUT2D eigenvalue weighted by Gasteiger charge is -2.33. The Hall–Kier alpha value is -0.200. The molecule has 3 aliphatic rings. The highest BCUT2D eigenvalue weighted by Crippen LogP contribution is 2.31. The van der Waals surface area contributed by atoms with Gasteiger partial charge in [0.25, 0.3) is 0 Å². The molecule has 17 heavy (non-hydrogen) atoms. The van der Waals surface area contributed by atoms with Crippen LogP contribution in [0.3, 0.4) is 0 Å². The summed E-state index contributed by atoms with van der Waals surface area (Å²) in [6.07, 6.45) is 3.27. The number of rotatable bonds is 4. The minimum atomic E-state index is -0.201. The Bertz CT molecular complexity index is 253. The first-order valence-corrected chi connectivity index (χ1v) is 6.40. The zero-order chi connectivity index (χ0) is 11.7. The van der Waals surface area contributed by atoms with Gasteiger partial charge in [0.2, 0.25) is 0 Å². The van der Waals surface area contributed by atoms with Crippen LogP contribution >= 0.6 is 0 Å². The number of hydrogen-bond acceptors (Lipinski definition) is 5. The summed E-state index contributed by atoms with van der Waals surface area (Å²) in [5, 5.41) is 0. The fourth-order valence-corrected chi connectivity index (χ4v) is 2.71. The maximum Gasteiger partial charge on any atom is 0.184 e. The van der Waals surface area contributed by atoms with Gasteiger partial charge in [-0.3, -0.25) is 0 Å². The van der Waals surface area contributed by atoms with E-state index in [0.717, 1.165) is 25.9 Å². The minimum absolute atomic E-state index is 0.0109. The Morgan fingerprint density at radius 2 is 2.18 bits per heavy atom. The van der Waals surface area contributed by atoms with Crippen molar-refractivity contribution in [1.29, 1.82) is 0 Å². The average molecular weight is 244 g/mol. The summed E-state index contributed by atoms with van der Waals surface area (Å²) in [6.45, 7) is 2.14. The van der Waals surface area contributed by atoms with Crippen LogP contribution in [0.15, 0.2) is 0 Å². The SMILES string of the molecule is CO[C@@H]1C[C@H](OCC2CCCO2)[C@H]2CO[C@@H]1O2. The minimum Gasteiger partial charge on any atom is -0.376 e. The van der Waals surface area contributed by atoms with E-state index in [1.165, 1.54) is 0 Å². The number of fused-ring (bicyclic) bond motifs is 2. The molecule has 1 unspecified atom stereocenters. The second-order valence-corrected chi connectivity index (χ2v) is 4.89. The smallest absolute Gasteiger partial charge is 0.184 e. The van der Waals surface area contributed by atoms with E-state index in [9.17, 15) is 0 Å². The van der Waals surface area contributed by atoms with Crippen molar-refractivity contribution in [2.45, 2.75) is 50.0 Å². The Labute approximate surface area is 101 Å². The summed E-state index contributed by atoms with van der Waals surface area (Å²) in [6, 6.07) is 0. The summed E-state index contributed by atoms with van der Waals surface area (Å²) in [5.41, 5.74) is 0. The highest BCUT2D eigenvalue weighted by atomic mass is 16.8. The van der Waals surface area contributed by atoms with Crippen LogP contribution in [0.1, 0.15) is 19.3 Å². The first kappa shape index (κ1) is 11.9. The van der Waals surface area contributed by atoms with Crippen molar-refractivity contribution in [3.63, 3.8) is 0 Å². The van der Waals surface area contributed by atoms with Crippen molar-refractivity contribution < 1.29 is 23.7 Å². The fourth-order valence-electron chi connectivity index (χ4n) is 2.71. The molecule has 0 amide bonds. The molecule has 3 heterocycles. The molecule has 0 radical (unpaired) electrons. The molecule has 0 aromatic heterocycles. The van der Waals surface area contributed by atoms with Gasteiger partial charge in [0.15, 0.2) is 6.29 Å². The van der Waals surface area contributed by atoms with E-state index >= 15 is 0 Å². The van der Waals surface area contributed by atoms with Crippen LogP contribution in [-0.4, -0.2) is 57.6 Å². The van der Waals surface area contributed by atoms with Crippen LogP contribution in [0.5, 0.6) is 0 Å². The Morgan fingerprint density at radius 3 is 2.94 bits per heavy atom. The first-order chi connectivity index (χ1) is 8.36. The van der Waals surface area contributed by atoms with E-state index in [2.05, 4.69) is 0 Å². The van der Waals surface area contributed by atoms with Crippen molar-refractivity contribution in [3.05, 3.63) is 0 Å². The molecule has 3 rings (SSSR count). The maximum atomic E-state index is 5.92. The molecule has 2 bridgehead atoms. The molecule has 98 valence electrons. The summed E-state index contributed by atoms with van der Waals surface area (Å²) in [7, 11) is 1.69. The quantitative estimate of drug-likeness (QED) is 0.729. The van der Waals surface area contributed by atoms with Gasteiger partial charge in [-0.2, -0.15) is 0 Å². The lowest BCUT2D eigenvalue weighted by Crippen LogP contribution is -2.44. The Kier molecular flexibility index (Phi) is 3.63. The van der Waals surface area contributed by atoms with E-state index in [1.54, 1.807) is 7.11 Å². The molecule has 3 fully saturated rings. The van der Waals surface area contributed by atoms with Crippen LogP contribution in [0.4, 0.5) is 0 Å². The van der Waals surface area contributed by atoms with Crippen LogP contribution in [0.2, 0.25) is 0 Å². The first-order valence-electron chi connectivity index (χ1n) is 6.40. The van der Waals surface area contributed by atoms with E-state index in [0.29, 0.717) is 13.2 Å². The predicted molar refractivity (Wildman–Crippen MR) is 58.7 cm³/mol. The van der Waals surface area contributed by atoms with Gasteiger partial charge in [-0.25, -0.2) is 0 Å². The van der Waals surface area contributed by atoms with Gasteiger partial charge in [-0.1, -0.05) is 0 Å². The highest BCUT2D eigenvalue weighted by molar-refractivity contribution is 4.87. The van der Waals surface area contributed by atoms with Crippen molar-refractivity contribution in [2.75, 3.05) is 26.9 Å². The zero-order valence-corrected chi connectivity index (χ0v) is 10.2. The van der Waals surface area contributed by atoms with Crippen LogP contribution < -0.4 is 0 Å². The Balaban J connectivity index is 1.51. The lowest BCUT2D eigenvalue weighted by molar-refractivity contribution is -0.202. The molecule has 5 heteroatoms. The Morgan fingerprint density at radius 1 is 1.24 bits per heavy atom. The molecule has 0 spiro atoms. The standard InChI is InChI=1S/C12H20O5/c1-13-10-5-9(11-7-16-12(10)17-11)15-6-8-3-2-4-14-8/h8-12H,2-7H2,1H3/t8?,9-,10+,11+,12+/m0/s1. The third kappa shape index (κ3) is 2.48. The highest BCUT2D eigenvalue weighted by Gasteiger charge is 2.45. The van der Waals surface area contributed by atoms with E-state index < -0.39 is 0 Å². The van der Waals surface area contributed by atoms with Crippen molar-refractivity contribution in [2.24, 2.45) is 0 Å². The molecule has 0 aliphatic carbocycles. The molecule has 3 aliphatic heterocycles. The third-order valence-electron chi connectivity index (χ3n) is 3.74. The van der Waals surface area contributed by atoms with Crippen molar-refractivity contribution in [3.8, 4) is 0 Å². The zero-order valence-electron chi connectivity index (χ0n) is 10.2. The molecule has 0 saturated carbocycles. The number of hydrogen-bond donors (Lipinski definition) is 0. The summed E-state index contributed by atoms with van der Waals surface area (Å²) < 4.78 is 28.1. The van der Waals surface area contributed by atoms with E-state index in [1.807, 2.05) is 0 Å². The van der Waals surface area contributed by atoms with E-state index in [4.69, 9.17) is 23.7 Å². The van der Waals surface area contributed by atoms with Gasteiger partial charge in [0.05, 0.1) is 25.4 Å². The van der Waals surface area contributed by atoms with Gasteiger partial charge >= 0.3 is 0 Å². The maximum absolute atomic E-state index is 5.92. The van der Waals surface area contributed by atoms with Crippen LogP contribution in [0, 0.1) is 0 Å². The van der Waals surface area contributed by atoms with Gasteiger partial charge < -0.3 is 23.7 Å². The second kappa shape index (κ2) is 5.20. The summed E-state index contributed by atoms with van der Waals surface area (Å²) >= 11 is 0. The molecular weight excluding hydrogens is 224 g/mol. The van der Waals surface area contributed by atoms with Crippen molar-refractivity contribution >= 4 is 0 Å². The van der Waals surface area contributed by atoms with Crippen LogP contribution in [0.25, 0.3) is 0 Å². The fraction of sp³-hybridized carbons (Fsp3) is 1.00. The third-order valence-corrected chi connectivity index (χ3v) is 3.74. The normalized spacial score (nSPS) is 45.4. The second-order valence-electron chi connectivity index (χ2n) is 4.89. The predicted octanol–water partition coefficient (Wildman–Crippen LogP) is 0.711.